The van der Waals surface area contributed by atoms with Gasteiger partial charge >= 0.3 is 18.0 Å². The van der Waals surface area contributed by atoms with E-state index in [1.54, 1.807) is 18.2 Å². The standard InChI is InChI=1S/C18H14F2N8O2.C4H4O4/c19-9-5-10-12(16-25-14(21)13(15(22)26-16)24-18(29)30)27-28(17(10)23-6-9)7-8-3-1-2-4-11(8)20;5-3(6)1-2-4(7)8/h1-6,24H,7H2,(H,29,30)(H4,21,22,25,26);1-2H,(H,5,6)(H,7,8). The highest BCUT2D eigenvalue weighted by Crippen LogP contribution is 2.30. The lowest BCUT2D eigenvalue weighted by Crippen LogP contribution is -2.14. The van der Waals surface area contributed by atoms with Gasteiger partial charge in [0.15, 0.2) is 23.1 Å². The smallest absolute Gasteiger partial charge is 0.409 e. The molecule has 14 nitrogen and oxygen atoms in total. The summed E-state index contributed by atoms with van der Waals surface area (Å²) < 4.78 is 29.3. The molecule has 0 fully saturated rings. The molecule has 0 bridgehead atoms. The second kappa shape index (κ2) is 11.4. The van der Waals surface area contributed by atoms with Gasteiger partial charge in [-0.25, -0.2) is 42.8 Å². The first-order valence-corrected chi connectivity index (χ1v) is 10.3. The number of nitrogens with one attached hydrogen (secondary N) is 1. The molecule has 0 saturated heterocycles. The van der Waals surface area contributed by atoms with Crippen LogP contribution >= 0.6 is 0 Å². The first-order chi connectivity index (χ1) is 18.0. The molecule has 0 atom stereocenters. The number of nitrogens with two attached hydrogens (primary N) is 2. The van der Waals surface area contributed by atoms with Gasteiger partial charge in [-0.05, 0) is 12.1 Å². The van der Waals surface area contributed by atoms with Crippen molar-refractivity contribution in [3.63, 3.8) is 0 Å². The number of hydrogen-bond acceptors (Lipinski definition) is 9. The highest BCUT2D eigenvalue weighted by molar-refractivity contribution is 5.94. The predicted octanol–water partition coefficient (Wildman–Crippen LogP) is 2.18. The van der Waals surface area contributed by atoms with Gasteiger partial charge in [-0.1, -0.05) is 18.2 Å². The number of pyridine rings is 1. The summed E-state index contributed by atoms with van der Waals surface area (Å²) in [6.07, 6.45) is 0.732. The Morgan fingerprint density at radius 1 is 1.00 bits per heavy atom. The van der Waals surface area contributed by atoms with Gasteiger partial charge < -0.3 is 26.8 Å². The van der Waals surface area contributed by atoms with E-state index in [0.717, 1.165) is 6.20 Å². The van der Waals surface area contributed by atoms with Gasteiger partial charge in [0.05, 0.1) is 18.1 Å². The summed E-state index contributed by atoms with van der Waals surface area (Å²) >= 11 is 0. The Balaban J connectivity index is 0.000000436. The molecule has 4 aromatic rings. The van der Waals surface area contributed by atoms with E-state index in [0.29, 0.717) is 17.7 Å². The molecule has 3 heterocycles. The van der Waals surface area contributed by atoms with Crippen LogP contribution in [-0.2, 0) is 16.1 Å². The van der Waals surface area contributed by atoms with E-state index >= 15 is 0 Å². The van der Waals surface area contributed by atoms with Gasteiger partial charge in [-0.3, -0.25) is 5.32 Å². The number of amides is 1. The van der Waals surface area contributed by atoms with Crippen molar-refractivity contribution in [2.24, 2.45) is 0 Å². The number of rotatable bonds is 6. The van der Waals surface area contributed by atoms with Gasteiger partial charge in [0.2, 0.25) is 0 Å². The normalized spacial score (nSPS) is 10.7. The number of nitrogen functional groups attached to an aromatic ring is 2. The zero-order chi connectivity index (χ0) is 28.0. The Kier molecular flexibility index (Phi) is 8.06. The van der Waals surface area contributed by atoms with E-state index in [9.17, 15) is 23.2 Å². The summed E-state index contributed by atoms with van der Waals surface area (Å²) in [5.74, 6) is -4.11. The molecule has 0 aliphatic carbocycles. The molecule has 16 heteroatoms. The highest BCUT2D eigenvalue weighted by Gasteiger charge is 2.20. The van der Waals surface area contributed by atoms with Crippen LogP contribution in [-0.4, -0.2) is 58.1 Å². The number of benzene rings is 1. The van der Waals surface area contributed by atoms with Crippen LogP contribution in [0.25, 0.3) is 22.6 Å². The Bertz CT molecular complexity index is 1530. The van der Waals surface area contributed by atoms with Crippen molar-refractivity contribution in [3.8, 4) is 11.5 Å². The molecule has 0 aliphatic rings. The molecule has 8 N–H and O–H groups in total. The number of aromatic nitrogens is 5. The van der Waals surface area contributed by atoms with Crippen LogP contribution in [0.15, 0.2) is 48.7 Å². The zero-order valence-electron chi connectivity index (χ0n) is 19.0. The molecule has 0 aliphatic heterocycles. The molecule has 4 rings (SSSR count). The molecule has 1 amide bonds. The van der Waals surface area contributed by atoms with Crippen molar-refractivity contribution >= 4 is 46.4 Å². The Morgan fingerprint density at radius 3 is 2.16 bits per heavy atom. The summed E-state index contributed by atoms with van der Waals surface area (Å²) in [7, 11) is 0. The van der Waals surface area contributed by atoms with Gasteiger partial charge in [0.1, 0.15) is 23.0 Å². The average molecular weight is 528 g/mol. The molecule has 38 heavy (non-hydrogen) atoms. The Hall–Kier alpha value is -5.67. The molecule has 0 saturated carbocycles. The van der Waals surface area contributed by atoms with E-state index < -0.39 is 29.7 Å². The molecule has 0 spiro atoms. The molecular weight excluding hydrogens is 510 g/mol. The largest absolute Gasteiger partial charge is 0.478 e. The fourth-order valence-electron chi connectivity index (χ4n) is 3.08. The van der Waals surface area contributed by atoms with Crippen molar-refractivity contribution < 1.29 is 38.5 Å². The maximum absolute atomic E-state index is 14.1. The maximum Gasteiger partial charge on any atom is 0.409 e. The molecule has 3 aromatic heterocycles. The van der Waals surface area contributed by atoms with Crippen LogP contribution in [0.1, 0.15) is 5.56 Å². The number of anilines is 3. The summed E-state index contributed by atoms with van der Waals surface area (Å²) in [5, 5.41) is 31.1. The monoisotopic (exact) mass is 528 g/mol. The zero-order valence-corrected chi connectivity index (χ0v) is 19.0. The fraction of sp³-hybridized carbons (Fsp3) is 0.0455. The lowest BCUT2D eigenvalue weighted by Gasteiger charge is -2.08. The first kappa shape index (κ1) is 26.9. The van der Waals surface area contributed by atoms with Crippen LogP contribution in [0, 0.1) is 11.6 Å². The number of halogens is 2. The van der Waals surface area contributed by atoms with Gasteiger partial charge in [0.25, 0.3) is 0 Å². The van der Waals surface area contributed by atoms with Crippen LogP contribution in [0.4, 0.5) is 30.9 Å². The van der Waals surface area contributed by atoms with Crippen LogP contribution in [0.3, 0.4) is 0 Å². The minimum atomic E-state index is -1.39. The number of hydrogen-bond donors (Lipinski definition) is 6. The third kappa shape index (κ3) is 6.51. The number of fused-ring (bicyclic) bond motifs is 1. The van der Waals surface area contributed by atoms with E-state index in [-0.39, 0.29) is 46.4 Å². The Labute approximate surface area is 210 Å². The number of carboxylic acids is 2. The molecule has 0 radical (unpaired) electrons. The first-order valence-electron chi connectivity index (χ1n) is 10.3. The third-order valence-electron chi connectivity index (χ3n) is 4.61. The van der Waals surface area contributed by atoms with Crippen LogP contribution < -0.4 is 16.8 Å². The van der Waals surface area contributed by atoms with Crippen molar-refractivity contribution in [3.05, 3.63) is 65.9 Å². The summed E-state index contributed by atoms with van der Waals surface area (Å²) in [6, 6.07) is 7.32. The van der Waals surface area contributed by atoms with E-state index in [2.05, 4.69) is 20.1 Å². The highest BCUT2D eigenvalue weighted by atomic mass is 19.1. The summed E-state index contributed by atoms with van der Waals surface area (Å²) in [5.41, 5.74) is 12.1. The quantitative estimate of drug-likeness (QED) is 0.198. The number of carboxylic acid groups (broad SMARTS) is 3. The molecular formula is C22H18F2N8O6. The topological polar surface area (TPSA) is 232 Å². The third-order valence-corrected chi connectivity index (χ3v) is 4.61. The van der Waals surface area contributed by atoms with Crippen molar-refractivity contribution in [1.29, 1.82) is 0 Å². The van der Waals surface area contributed by atoms with E-state index in [1.165, 1.54) is 16.8 Å². The van der Waals surface area contributed by atoms with Crippen molar-refractivity contribution in [2.45, 2.75) is 6.54 Å². The van der Waals surface area contributed by atoms with Crippen LogP contribution in [0.5, 0.6) is 0 Å². The summed E-state index contributed by atoms with van der Waals surface area (Å²) in [4.78, 5) is 42.1. The molecule has 196 valence electrons. The number of aliphatic carboxylic acids is 2. The second-order valence-corrected chi connectivity index (χ2v) is 7.26. The lowest BCUT2D eigenvalue weighted by molar-refractivity contribution is -0.134. The predicted molar refractivity (Wildman–Crippen MR) is 129 cm³/mol. The lowest BCUT2D eigenvalue weighted by atomic mass is 10.2. The van der Waals surface area contributed by atoms with Gasteiger partial charge in [-0.15, -0.1) is 0 Å². The SMILES string of the molecule is Nc1nc(-c2nn(Cc3ccccc3F)c3ncc(F)cc23)nc(N)c1NC(=O)O.O=C(O)C=CC(=O)O. The number of carbonyl (C=O) groups is 3. The maximum atomic E-state index is 14.1. The van der Waals surface area contributed by atoms with Crippen molar-refractivity contribution in [1.82, 2.24) is 24.7 Å². The van der Waals surface area contributed by atoms with E-state index in [1.807, 2.05) is 5.32 Å². The number of nitrogens with zero attached hydrogens (tertiary/aromatic N) is 5. The minimum absolute atomic E-state index is 0.0193. The average Bonchev–Trinajstić information content (AvgIpc) is 3.19. The summed E-state index contributed by atoms with van der Waals surface area (Å²) in [6.45, 7) is 0.0193. The molecule has 0 unspecified atom stereocenters. The molecule has 1 aromatic carbocycles. The van der Waals surface area contributed by atoms with Crippen molar-refractivity contribution in [2.75, 3.05) is 16.8 Å². The van der Waals surface area contributed by atoms with E-state index in [4.69, 9.17) is 26.8 Å². The van der Waals surface area contributed by atoms with Gasteiger partial charge in [0, 0.05) is 17.7 Å². The van der Waals surface area contributed by atoms with Crippen LogP contribution in [0.2, 0.25) is 0 Å². The minimum Gasteiger partial charge on any atom is -0.478 e. The second-order valence-electron chi connectivity index (χ2n) is 7.26. The van der Waals surface area contributed by atoms with Gasteiger partial charge in [-0.2, -0.15) is 5.10 Å². The fourth-order valence-corrected chi connectivity index (χ4v) is 3.08. The Morgan fingerprint density at radius 2 is 1.61 bits per heavy atom.